The van der Waals surface area contributed by atoms with Gasteiger partial charge in [0.2, 0.25) is 0 Å². The third kappa shape index (κ3) is 5.43. The summed E-state index contributed by atoms with van der Waals surface area (Å²) >= 11 is 0. The van der Waals surface area contributed by atoms with Crippen LogP contribution in [-0.2, 0) is 16.1 Å². The largest absolute Gasteiger partial charge is 0.471 e. The molecular formula is C22H25F3N2O3. The van der Waals surface area contributed by atoms with Gasteiger partial charge in [-0.2, -0.15) is 13.2 Å². The van der Waals surface area contributed by atoms with Gasteiger partial charge in [-0.15, -0.1) is 0 Å². The van der Waals surface area contributed by atoms with Gasteiger partial charge in [0, 0.05) is 12.6 Å². The minimum atomic E-state index is -5.12. The number of furan rings is 1. The Kier molecular flexibility index (Phi) is 6.84. The molecule has 1 aliphatic carbocycles. The molecule has 0 aliphatic heterocycles. The Morgan fingerprint density at radius 1 is 1.13 bits per heavy atom. The molecule has 1 aromatic carbocycles. The second-order valence-corrected chi connectivity index (χ2v) is 7.68. The number of aryl methyl sites for hydroxylation is 1. The lowest BCUT2D eigenvalue weighted by Gasteiger charge is -2.32. The van der Waals surface area contributed by atoms with Crippen LogP contribution in [0.4, 0.5) is 13.2 Å². The fourth-order valence-electron chi connectivity index (χ4n) is 3.73. The van der Waals surface area contributed by atoms with Crippen molar-refractivity contribution in [1.29, 1.82) is 0 Å². The number of hydrogen-bond acceptors (Lipinski definition) is 3. The number of halogens is 3. The summed E-state index contributed by atoms with van der Waals surface area (Å²) in [4.78, 5) is 26.0. The van der Waals surface area contributed by atoms with E-state index in [-0.39, 0.29) is 18.3 Å². The predicted octanol–water partition coefficient (Wildman–Crippen LogP) is 4.67. The zero-order valence-corrected chi connectivity index (χ0v) is 16.7. The third-order valence-corrected chi connectivity index (χ3v) is 5.30. The molecule has 0 radical (unpaired) electrons. The van der Waals surface area contributed by atoms with Crippen LogP contribution >= 0.6 is 0 Å². The first-order valence-electron chi connectivity index (χ1n) is 10.0. The van der Waals surface area contributed by atoms with Gasteiger partial charge in [0.05, 0.1) is 6.26 Å². The molecule has 0 spiro atoms. The molecule has 30 heavy (non-hydrogen) atoms. The van der Waals surface area contributed by atoms with Crippen molar-refractivity contribution in [3.05, 3.63) is 59.5 Å². The maximum atomic E-state index is 13.4. The van der Waals surface area contributed by atoms with Crippen LogP contribution < -0.4 is 5.32 Å². The molecule has 1 aliphatic rings. The number of hydrogen-bond donors (Lipinski definition) is 1. The molecule has 1 atom stereocenters. The van der Waals surface area contributed by atoms with Crippen molar-refractivity contribution in [2.45, 2.75) is 63.8 Å². The van der Waals surface area contributed by atoms with E-state index in [0.717, 1.165) is 37.7 Å². The summed E-state index contributed by atoms with van der Waals surface area (Å²) in [7, 11) is 0. The van der Waals surface area contributed by atoms with E-state index in [1.165, 1.54) is 18.4 Å². The zero-order chi connectivity index (χ0) is 21.7. The van der Waals surface area contributed by atoms with E-state index in [4.69, 9.17) is 4.42 Å². The Hall–Kier alpha value is -2.77. The van der Waals surface area contributed by atoms with Crippen molar-refractivity contribution in [2.24, 2.45) is 0 Å². The van der Waals surface area contributed by atoms with Gasteiger partial charge in [0.15, 0.2) is 6.04 Å². The Bertz CT molecular complexity index is 842. The minimum Gasteiger partial charge on any atom is -0.467 e. The Labute approximate surface area is 173 Å². The molecule has 0 bridgehead atoms. The molecule has 162 valence electrons. The molecule has 3 rings (SSSR count). The minimum absolute atomic E-state index is 0.00646. The third-order valence-electron chi connectivity index (χ3n) is 5.30. The summed E-state index contributed by atoms with van der Waals surface area (Å²) in [5.41, 5.74) is 1.42. The summed E-state index contributed by atoms with van der Waals surface area (Å²) in [6.45, 7) is 1.48. The van der Waals surface area contributed by atoms with E-state index < -0.39 is 24.0 Å². The number of nitrogens with one attached hydrogen (secondary N) is 1. The van der Waals surface area contributed by atoms with Crippen LogP contribution in [0.1, 0.15) is 55.0 Å². The second-order valence-electron chi connectivity index (χ2n) is 7.68. The zero-order valence-electron chi connectivity index (χ0n) is 16.7. The van der Waals surface area contributed by atoms with E-state index in [1.807, 2.05) is 6.92 Å². The van der Waals surface area contributed by atoms with Gasteiger partial charge >= 0.3 is 12.1 Å². The highest BCUT2D eigenvalue weighted by Crippen LogP contribution is 2.30. The lowest BCUT2D eigenvalue weighted by atomic mass is 9.95. The summed E-state index contributed by atoms with van der Waals surface area (Å²) in [5, 5.41) is 2.83. The summed E-state index contributed by atoms with van der Waals surface area (Å²) in [6, 6.07) is 8.04. The maximum Gasteiger partial charge on any atom is 0.471 e. The van der Waals surface area contributed by atoms with E-state index in [1.54, 1.807) is 24.3 Å². The average Bonchev–Trinajstić information content (AvgIpc) is 3.23. The number of carbonyl (C=O) groups is 2. The Morgan fingerprint density at radius 3 is 2.37 bits per heavy atom. The van der Waals surface area contributed by atoms with E-state index in [2.05, 4.69) is 5.32 Å². The van der Waals surface area contributed by atoms with Crippen LogP contribution in [0.3, 0.4) is 0 Å². The highest BCUT2D eigenvalue weighted by atomic mass is 19.4. The molecule has 1 N–H and O–H groups in total. The van der Waals surface area contributed by atoms with Gasteiger partial charge in [0.1, 0.15) is 5.76 Å². The molecule has 8 heteroatoms. The van der Waals surface area contributed by atoms with Crippen LogP contribution in [0, 0.1) is 6.92 Å². The SMILES string of the molecule is Cc1ccc(CN(C(=O)C(F)(F)F)[C@@H](C(=O)NC2CCCCC2)c2ccco2)cc1. The quantitative estimate of drug-likeness (QED) is 0.736. The van der Waals surface area contributed by atoms with E-state index >= 15 is 0 Å². The molecule has 1 fully saturated rings. The van der Waals surface area contributed by atoms with Crippen LogP contribution in [-0.4, -0.2) is 28.9 Å². The normalized spacial score (nSPS) is 16.1. The van der Waals surface area contributed by atoms with E-state index in [9.17, 15) is 22.8 Å². The van der Waals surface area contributed by atoms with Crippen molar-refractivity contribution in [3.8, 4) is 0 Å². The fourth-order valence-corrected chi connectivity index (χ4v) is 3.73. The van der Waals surface area contributed by atoms with Crippen molar-refractivity contribution in [1.82, 2.24) is 10.2 Å². The highest BCUT2D eigenvalue weighted by molar-refractivity contribution is 5.90. The standard InChI is InChI=1S/C22H25F3N2O3/c1-15-9-11-16(12-10-15)14-27(21(29)22(23,24)25)19(18-8-5-13-30-18)20(28)26-17-6-3-2-4-7-17/h5,8-13,17,19H,2-4,6-7,14H2,1H3,(H,26,28)/t19-/m1/s1. The summed E-state index contributed by atoms with van der Waals surface area (Å²) in [6.07, 6.45) is 0.651. The first-order valence-corrected chi connectivity index (χ1v) is 10.0. The number of alkyl halides is 3. The molecule has 5 nitrogen and oxygen atoms in total. The van der Waals surface area contributed by atoms with E-state index in [0.29, 0.717) is 10.5 Å². The van der Waals surface area contributed by atoms with Gasteiger partial charge in [-0.1, -0.05) is 49.1 Å². The van der Waals surface area contributed by atoms with Crippen LogP contribution in [0.15, 0.2) is 47.1 Å². The Balaban J connectivity index is 1.94. The number of nitrogens with zero attached hydrogens (tertiary/aromatic N) is 1. The first-order chi connectivity index (χ1) is 14.3. The van der Waals surface area contributed by atoms with Crippen molar-refractivity contribution < 1.29 is 27.2 Å². The molecule has 0 saturated heterocycles. The first kappa shape index (κ1) is 21.9. The topological polar surface area (TPSA) is 62.6 Å². The number of rotatable bonds is 6. The predicted molar refractivity (Wildman–Crippen MR) is 104 cm³/mol. The Morgan fingerprint density at radius 2 is 1.80 bits per heavy atom. The van der Waals surface area contributed by atoms with Crippen LogP contribution in [0.25, 0.3) is 0 Å². The molecule has 1 saturated carbocycles. The lowest BCUT2D eigenvalue weighted by molar-refractivity contribution is -0.190. The number of carbonyl (C=O) groups excluding carboxylic acids is 2. The molecule has 2 amide bonds. The molecule has 1 heterocycles. The molecule has 0 unspecified atom stereocenters. The second kappa shape index (κ2) is 9.36. The van der Waals surface area contributed by atoms with Gasteiger partial charge in [0.25, 0.3) is 5.91 Å². The van der Waals surface area contributed by atoms with Gasteiger partial charge in [-0.3, -0.25) is 9.59 Å². The van der Waals surface area contributed by atoms with Crippen molar-refractivity contribution in [2.75, 3.05) is 0 Å². The van der Waals surface area contributed by atoms with Gasteiger partial charge in [-0.05, 0) is 37.5 Å². The number of benzene rings is 1. The highest BCUT2D eigenvalue weighted by Gasteiger charge is 2.47. The summed E-state index contributed by atoms with van der Waals surface area (Å²) in [5.74, 6) is -2.75. The fraction of sp³-hybridized carbons (Fsp3) is 0.455. The van der Waals surface area contributed by atoms with Gasteiger partial charge in [-0.25, -0.2) is 0 Å². The smallest absolute Gasteiger partial charge is 0.467 e. The maximum absolute atomic E-state index is 13.4. The van der Waals surface area contributed by atoms with Crippen molar-refractivity contribution in [3.63, 3.8) is 0 Å². The molecule has 1 aromatic heterocycles. The molecule has 2 aromatic rings. The van der Waals surface area contributed by atoms with Gasteiger partial charge < -0.3 is 14.6 Å². The van der Waals surface area contributed by atoms with Crippen molar-refractivity contribution >= 4 is 11.8 Å². The lowest BCUT2D eigenvalue weighted by Crippen LogP contribution is -2.50. The van der Waals surface area contributed by atoms with Crippen LogP contribution in [0.5, 0.6) is 0 Å². The number of amides is 2. The van der Waals surface area contributed by atoms with Crippen LogP contribution in [0.2, 0.25) is 0 Å². The molecular weight excluding hydrogens is 397 g/mol. The monoisotopic (exact) mass is 422 g/mol. The average molecular weight is 422 g/mol. The summed E-state index contributed by atoms with van der Waals surface area (Å²) < 4.78 is 45.6.